The zero-order valence-electron chi connectivity index (χ0n) is 19.1. The van der Waals surface area contributed by atoms with Gasteiger partial charge >= 0.3 is 10.8 Å². The predicted octanol–water partition coefficient (Wildman–Crippen LogP) is 3.44. The van der Waals surface area contributed by atoms with Gasteiger partial charge in [-0.25, -0.2) is 0 Å². The van der Waals surface area contributed by atoms with Crippen molar-refractivity contribution in [3.8, 4) is 5.75 Å². The quantitative estimate of drug-likeness (QED) is 0.353. The lowest BCUT2D eigenvalue weighted by atomic mass is 9.82. The molecule has 5 rings (SSSR count). The number of H-pyrrole nitrogens is 1. The number of imide groups is 1. The van der Waals surface area contributed by atoms with E-state index in [0.29, 0.717) is 31.2 Å². The monoisotopic (exact) mass is 593 g/mol. The number of carboxylic acid groups (broad SMARTS) is 1. The summed E-state index contributed by atoms with van der Waals surface area (Å²) in [6.07, 6.45) is 0. The molecule has 38 heavy (non-hydrogen) atoms. The lowest BCUT2D eigenvalue weighted by Crippen LogP contribution is -2.36. The molecule has 2 aromatic carbocycles. The van der Waals surface area contributed by atoms with Gasteiger partial charge in [-0.15, -0.1) is 0 Å². The number of hydrogen-bond donors (Lipinski definition) is 3. The van der Waals surface area contributed by atoms with Crippen LogP contribution in [0.4, 0.5) is 5.69 Å². The molecule has 1 saturated heterocycles. The second-order valence-corrected chi connectivity index (χ2v) is 11.5. The molecule has 3 aromatic rings. The predicted molar refractivity (Wildman–Crippen MR) is 141 cm³/mol. The molecule has 2 aliphatic rings. The van der Waals surface area contributed by atoms with Gasteiger partial charge in [0.25, 0.3) is 5.91 Å². The molecule has 3 atom stereocenters. The van der Waals surface area contributed by atoms with Crippen LogP contribution in [0, 0.1) is 5.92 Å². The maximum Gasteiger partial charge on any atom is 0.323 e. The lowest BCUT2D eigenvalue weighted by molar-refractivity contribution is -0.149. The Bertz CT molecular complexity index is 1520. The lowest BCUT2D eigenvalue weighted by Gasteiger charge is -2.31. The van der Waals surface area contributed by atoms with Crippen molar-refractivity contribution in [3.63, 3.8) is 0 Å². The minimum Gasteiger partial charge on any atom is -0.483 e. The molecule has 0 bridgehead atoms. The molecular weight excluding hydrogens is 577 g/mol. The maximum absolute atomic E-state index is 13.4. The average Bonchev–Trinajstić information content (AvgIpc) is 3.35. The molecule has 0 spiro atoms. The molecule has 0 radical (unpaired) electrons. The SMILES string of the molecule is O=C(O)CN1C(=O)[C@@H]2[C@H](c3cc(Cl)ccc3OCC(=O)Nc3ccc(Cl)cc3)c3sc(=O)[nH]c3S[C@@H]2C1=O. The van der Waals surface area contributed by atoms with E-state index in [1.165, 1.54) is 6.07 Å². The summed E-state index contributed by atoms with van der Waals surface area (Å²) in [5.41, 5.74) is 0.906. The number of nitrogens with zero attached hydrogens (tertiary/aromatic N) is 1. The minimum atomic E-state index is -1.33. The first kappa shape index (κ1) is 26.3. The van der Waals surface area contributed by atoms with Crippen LogP contribution in [0.1, 0.15) is 16.4 Å². The van der Waals surface area contributed by atoms with Crippen molar-refractivity contribution in [3.05, 3.63) is 72.6 Å². The average molecular weight is 594 g/mol. The standard InChI is InChI=1S/C24H17Cl2N3O7S2/c25-10-1-4-12(5-2-10)27-15(30)9-36-14-6-3-11(26)7-13(14)17-18-20(37-21-19(17)38-24(35)28-21)23(34)29(22(18)33)8-16(31)32/h1-7,17-18,20H,8-9H2,(H,27,30)(H,28,35)(H,31,32)/t17-,18+,20-/m0/s1. The number of thioether (sulfide) groups is 1. The Kier molecular flexibility index (Phi) is 7.23. The third-order valence-corrected chi connectivity index (χ3v) is 8.89. The topological polar surface area (TPSA) is 146 Å². The van der Waals surface area contributed by atoms with E-state index >= 15 is 0 Å². The molecule has 3 heterocycles. The number of rotatable bonds is 7. The number of aromatic amines is 1. The van der Waals surface area contributed by atoms with Gasteiger partial charge in [0.1, 0.15) is 17.5 Å². The second-order valence-electron chi connectivity index (χ2n) is 8.43. The first-order valence-electron chi connectivity index (χ1n) is 11.1. The molecule has 0 saturated carbocycles. The largest absolute Gasteiger partial charge is 0.483 e. The summed E-state index contributed by atoms with van der Waals surface area (Å²) in [4.78, 5) is 66.1. The molecule has 0 aliphatic carbocycles. The van der Waals surface area contributed by atoms with Gasteiger partial charge in [-0.3, -0.25) is 28.9 Å². The van der Waals surface area contributed by atoms with Crippen LogP contribution in [0.3, 0.4) is 0 Å². The van der Waals surface area contributed by atoms with Crippen molar-refractivity contribution in [2.75, 3.05) is 18.5 Å². The zero-order valence-corrected chi connectivity index (χ0v) is 22.2. The van der Waals surface area contributed by atoms with Gasteiger partial charge in [0.05, 0.1) is 10.9 Å². The molecule has 3 N–H and O–H groups in total. The van der Waals surface area contributed by atoms with Crippen LogP contribution in [-0.2, 0) is 19.2 Å². The highest BCUT2D eigenvalue weighted by molar-refractivity contribution is 8.00. The van der Waals surface area contributed by atoms with E-state index in [1.807, 2.05) is 0 Å². The van der Waals surface area contributed by atoms with Gasteiger partial charge in [0.15, 0.2) is 6.61 Å². The molecule has 14 heteroatoms. The van der Waals surface area contributed by atoms with Crippen LogP contribution in [0.2, 0.25) is 10.0 Å². The Morgan fingerprint density at radius 2 is 1.76 bits per heavy atom. The number of anilines is 1. The number of aromatic nitrogens is 1. The summed E-state index contributed by atoms with van der Waals surface area (Å²) in [5.74, 6) is -4.73. The Balaban J connectivity index is 1.49. The van der Waals surface area contributed by atoms with E-state index in [4.69, 9.17) is 27.9 Å². The van der Waals surface area contributed by atoms with Crippen LogP contribution in [0.25, 0.3) is 0 Å². The maximum atomic E-state index is 13.4. The summed E-state index contributed by atoms with van der Waals surface area (Å²) >= 11 is 14.1. The Hall–Kier alpha value is -3.32. The summed E-state index contributed by atoms with van der Waals surface area (Å²) in [5, 5.41) is 12.2. The Labute approximate surface area is 232 Å². The molecule has 10 nitrogen and oxygen atoms in total. The van der Waals surface area contributed by atoms with Gasteiger partial charge in [-0.1, -0.05) is 46.3 Å². The number of carbonyl (C=O) groups is 4. The molecule has 3 amide bonds. The van der Waals surface area contributed by atoms with Crippen LogP contribution < -0.4 is 14.9 Å². The fourth-order valence-electron chi connectivity index (χ4n) is 4.47. The molecule has 1 fully saturated rings. The van der Waals surface area contributed by atoms with Gasteiger partial charge < -0.3 is 20.1 Å². The summed E-state index contributed by atoms with van der Waals surface area (Å²) in [6, 6.07) is 11.2. The van der Waals surface area contributed by atoms with E-state index in [0.717, 1.165) is 28.0 Å². The van der Waals surface area contributed by atoms with Crippen molar-refractivity contribution in [1.29, 1.82) is 0 Å². The van der Waals surface area contributed by atoms with Crippen molar-refractivity contribution >= 4 is 75.7 Å². The van der Waals surface area contributed by atoms with Crippen LogP contribution in [0.5, 0.6) is 5.75 Å². The normalized spacial score (nSPS) is 20.2. The van der Waals surface area contributed by atoms with Gasteiger partial charge in [-0.2, -0.15) is 0 Å². The number of carbonyl (C=O) groups excluding carboxylic acids is 3. The van der Waals surface area contributed by atoms with Gasteiger partial charge in [0, 0.05) is 32.1 Å². The van der Waals surface area contributed by atoms with E-state index in [-0.39, 0.29) is 17.2 Å². The number of amides is 3. The number of thiazole rings is 1. The van der Waals surface area contributed by atoms with Crippen molar-refractivity contribution < 1.29 is 29.0 Å². The molecular formula is C24H17Cl2N3O7S2. The summed E-state index contributed by atoms with van der Waals surface area (Å²) in [7, 11) is 0. The highest BCUT2D eigenvalue weighted by Crippen LogP contribution is 2.54. The fraction of sp³-hybridized carbons (Fsp3) is 0.208. The second kappa shape index (κ2) is 10.4. The summed E-state index contributed by atoms with van der Waals surface area (Å²) in [6.45, 7) is -1.16. The highest BCUT2D eigenvalue weighted by atomic mass is 35.5. The van der Waals surface area contributed by atoms with Crippen molar-refractivity contribution in [1.82, 2.24) is 9.88 Å². The number of benzene rings is 2. The number of carboxylic acids is 1. The van der Waals surface area contributed by atoms with Crippen molar-refractivity contribution in [2.24, 2.45) is 5.92 Å². The van der Waals surface area contributed by atoms with Crippen LogP contribution in [-0.4, -0.2) is 57.1 Å². The van der Waals surface area contributed by atoms with E-state index in [2.05, 4.69) is 10.3 Å². The van der Waals surface area contributed by atoms with Crippen LogP contribution >= 0.6 is 46.3 Å². The van der Waals surface area contributed by atoms with Gasteiger partial charge in [0.2, 0.25) is 11.8 Å². The number of ether oxygens (including phenoxy) is 1. The van der Waals surface area contributed by atoms with E-state index in [9.17, 15) is 29.1 Å². The third kappa shape index (κ3) is 5.04. The number of likely N-dealkylation sites (tertiary alicyclic amines) is 1. The minimum absolute atomic E-state index is 0.222. The molecule has 1 aromatic heterocycles. The van der Waals surface area contributed by atoms with E-state index < -0.39 is 47.3 Å². The fourth-order valence-corrected chi connectivity index (χ4v) is 7.30. The number of hydrogen-bond acceptors (Lipinski definition) is 8. The Morgan fingerprint density at radius 1 is 1.05 bits per heavy atom. The third-order valence-electron chi connectivity index (χ3n) is 6.00. The number of aliphatic carboxylic acids is 1. The first-order valence-corrected chi connectivity index (χ1v) is 13.5. The van der Waals surface area contributed by atoms with Gasteiger partial charge in [-0.05, 0) is 42.5 Å². The number of nitrogens with one attached hydrogen (secondary N) is 2. The Morgan fingerprint density at radius 3 is 2.47 bits per heavy atom. The molecule has 0 unspecified atom stereocenters. The summed E-state index contributed by atoms with van der Waals surface area (Å²) < 4.78 is 5.84. The first-order chi connectivity index (χ1) is 18.1. The zero-order chi connectivity index (χ0) is 27.1. The molecule has 2 aliphatic heterocycles. The number of fused-ring (bicyclic) bond motifs is 2. The molecule has 196 valence electrons. The number of halogens is 2. The van der Waals surface area contributed by atoms with Crippen LogP contribution in [0.15, 0.2) is 52.3 Å². The smallest absolute Gasteiger partial charge is 0.323 e. The highest BCUT2D eigenvalue weighted by Gasteiger charge is 2.56. The van der Waals surface area contributed by atoms with Crippen molar-refractivity contribution in [2.45, 2.75) is 16.2 Å². The van der Waals surface area contributed by atoms with E-state index in [1.54, 1.807) is 36.4 Å².